The molecule has 6 heteroatoms. The predicted molar refractivity (Wildman–Crippen MR) is 99.8 cm³/mol. The van der Waals surface area contributed by atoms with Crippen molar-refractivity contribution in [1.82, 2.24) is 19.8 Å². The van der Waals surface area contributed by atoms with Gasteiger partial charge in [-0.25, -0.2) is 9.97 Å². The molecule has 3 rings (SSSR count). The predicted octanol–water partition coefficient (Wildman–Crippen LogP) is 1.86. The zero-order chi connectivity index (χ0) is 18.0. The van der Waals surface area contributed by atoms with E-state index in [1.54, 1.807) is 6.33 Å². The Balaban J connectivity index is 1.64. The molecule has 0 bridgehead atoms. The molecule has 2 saturated heterocycles. The van der Waals surface area contributed by atoms with E-state index in [4.69, 9.17) is 0 Å². The molecule has 138 valence electrons. The van der Waals surface area contributed by atoms with Crippen LogP contribution in [0.4, 0.5) is 5.82 Å². The fraction of sp³-hybridized carbons (Fsp3) is 0.737. The number of aromatic nitrogens is 2. The second kappa shape index (κ2) is 7.28. The van der Waals surface area contributed by atoms with Gasteiger partial charge in [0.25, 0.3) is 0 Å². The minimum Gasteiger partial charge on any atom is -0.356 e. The van der Waals surface area contributed by atoms with Crippen molar-refractivity contribution >= 4 is 11.7 Å². The van der Waals surface area contributed by atoms with Gasteiger partial charge in [-0.3, -0.25) is 4.79 Å². The highest BCUT2D eigenvalue weighted by Crippen LogP contribution is 2.41. The van der Waals surface area contributed by atoms with Gasteiger partial charge in [0, 0.05) is 50.4 Å². The number of nitrogens with zero attached hydrogens (tertiary/aromatic N) is 5. The van der Waals surface area contributed by atoms with Crippen LogP contribution in [0.3, 0.4) is 0 Å². The summed E-state index contributed by atoms with van der Waals surface area (Å²) in [6.07, 6.45) is 5.70. The Morgan fingerprint density at radius 2 is 1.88 bits per heavy atom. The molecule has 2 fully saturated rings. The number of carbonyl (C=O) groups excluding carboxylic acids is 1. The number of rotatable bonds is 4. The van der Waals surface area contributed by atoms with Gasteiger partial charge in [0.2, 0.25) is 5.91 Å². The minimum absolute atomic E-state index is 0.298. The Morgan fingerprint density at radius 1 is 1.16 bits per heavy atom. The zero-order valence-electron chi connectivity index (χ0n) is 16.1. The smallest absolute Gasteiger partial charge is 0.222 e. The third-order valence-corrected chi connectivity index (χ3v) is 6.00. The van der Waals surface area contributed by atoms with E-state index in [1.807, 2.05) is 6.92 Å². The van der Waals surface area contributed by atoms with Gasteiger partial charge in [-0.1, -0.05) is 0 Å². The number of carbonyl (C=O) groups is 1. The molecule has 0 unspecified atom stereocenters. The monoisotopic (exact) mass is 345 g/mol. The zero-order valence-corrected chi connectivity index (χ0v) is 16.1. The fourth-order valence-corrected chi connectivity index (χ4v) is 4.07. The highest BCUT2D eigenvalue weighted by Gasteiger charge is 2.41. The van der Waals surface area contributed by atoms with Crippen LogP contribution in [-0.2, 0) is 4.79 Å². The molecule has 0 radical (unpaired) electrons. The maximum Gasteiger partial charge on any atom is 0.222 e. The Labute approximate surface area is 151 Å². The first kappa shape index (κ1) is 18.1. The molecule has 0 saturated carbocycles. The number of amides is 1. The molecular weight excluding hydrogens is 314 g/mol. The van der Waals surface area contributed by atoms with E-state index in [-0.39, 0.29) is 0 Å². The molecule has 0 N–H and O–H groups in total. The van der Waals surface area contributed by atoms with Gasteiger partial charge in [0.05, 0.1) is 0 Å². The van der Waals surface area contributed by atoms with Crippen molar-refractivity contribution in [2.75, 3.05) is 51.7 Å². The summed E-state index contributed by atoms with van der Waals surface area (Å²) in [6, 6.07) is 0. The first-order chi connectivity index (χ1) is 11.9. The molecule has 0 atom stereocenters. The van der Waals surface area contributed by atoms with Crippen LogP contribution >= 0.6 is 0 Å². The quantitative estimate of drug-likeness (QED) is 0.834. The summed E-state index contributed by atoms with van der Waals surface area (Å²) in [7, 11) is 4.13. The van der Waals surface area contributed by atoms with Crippen LogP contribution < -0.4 is 4.90 Å². The molecule has 6 nitrogen and oxygen atoms in total. The summed E-state index contributed by atoms with van der Waals surface area (Å²) in [5.41, 5.74) is 2.54. The van der Waals surface area contributed by atoms with E-state index in [2.05, 4.69) is 45.7 Å². The molecule has 1 amide bonds. The van der Waals surface area contributed by atoms with Crippen molar-refractivity contribution in [3.8, 4) is 0 Å². The standard InChI is InChI=1S/C19H31N5O/c1-15-16(2)20-14-21-18(15)23-9-7-19(8-10-23)6-5-17(25)24(13-19)12-11-22(3)4/h14H,5-13H2,1-4H3. The first-order valence-corrected chi connectivity index (χ1v) is 9.36. The summed E-state index contributed by atoms with van der Waals surface area (Å²) in [5, 5.41) is 0. The lowest BCUT2D eigenvalue weighted by Crippen LogP contribution is -2.52. The summed E-state index contributed by atoms with van der Waals surface area (Å²) >= 11 is 0. The van der Waals surface area contributed by atoms with E-state index >= 15 is 0 Å². The van der Waals surface area contributed by atoms with E-state index in [0.717, 1.165) is 63.5 Å². The molecule has 1 spiro atoms. The van der Waals surface area contributed by atoms with Crippen LogP contribution in [0.5, 0.6) is 0 Å². The Morgan fingerprint density at radius 3 is 2.56 bits per heavy atom. The number of hydrogen-bond donors (Lipinski definition) is 0. The summed E-state index contributed by atoms with van der Waals surface area (Å²) in [4.78, 5) is 27.7. The maximum absolute atomic E-state index is 12.3. The Hall–Kier alpha value is -1.69. The lowest BCUT2D eigenvalue weighted by atomic mass is 9.72. The van der Waals surface area contributed by atoms with E-state index in [0.29, 0.717) is 17.7 Å². The Kier molecular flexibility index (Phi) is 5.27. The normalized spacial score (nSPS) is 20.6. The van der Waals surface area contributed by atoms with Gasteiger partial charge >= 0.3 is 0 Å². The lowest BCUT2D eigenvalue weighted by molar-refractivity contribution is -0.138. The van der Waals surface area contributed by atoms with Crippen molar-refractivity contribution in [1.29, 1.82) is 0 Å². The third kappa shape index (κ3) is 3.94. The van der Waals surface area contributed by atoms with Crippen molar-refractivity contribution < 1.29 is 4.79 Å². The molecule has 0 aliphatic carbocycles. The number of likely N-dealkylation sites (tertiary alicyclic amines) is 1. The van der Waals surface area contributed by atoms with Crippen LogP contribution in [0.25, 0.3) is 0 Å². The van der Waals surface area contributed by atoms with Crippen molar-refractivity contribution in [3.05, 3.63) is 17.6 Å². The number of piperidine rings is 2. The van der Waals surface area contributed by atoms with Gasteiger partial charge < -0.3 is 14.7 Å². The van der Waals surface area contributed by atoms with Crippen LogP contribution in [0.15, 0.2) is 6.33 Å². The molecule has 0 aromatic carbocycles. The van der Waals surface area contributed by atoms with Gasteiger partial charge in [-0.15, -0.1) is 0 Å². The molecule has 1 aromatic heterocycles. The van der Waals surface area contributed by atoms with Crippen LogP contribution in [-0.4, -0.2) is 72.5 Å². The summed E-state index contributed by atoms with van der Waals surface area (Å²) < 4.78 is 0. The van der Waals surface area contributed by atoms with E-state index in [1.165, 1.54) is 5.56 Å². The summed E-state index contributed by atoms with van der Waals surface area (Å²) in [5.74, 6) is 1.41. The number of likely N-dealkylation sites (N-methyl/N-ethyl adjacent to an activating group) is 1. The SMILES string of the molecule is Cc1ncnc(N2CCC3(CCC(=O)N(CCN(C)C)C3)CC2)c1C. The number of anilines is 1. The Bertz CT molecular complexity index is 622. The average Bonchev–Trinajstić information content (AvgIpc) is 2.59. The highest BCUT2D eigenvalue weighted by molar-refractivity contribution is 5.77. The van der Waals surface area contributed by atoms with Gasteiger partial charge in [-0.05, 0) is 52.6 Å². The fourth-order valence-electron chi connectivity index (χ4n) is 4.07. The van der Waals surface area contributed by atoms with Crippen molar-refractivity contribution in [2.24, 2.45) is 5.41 Å². The number of hydrogen-bond acceptors (Lipinski definition) is 5. The van der Waals surface area contributed by atoms with Gasteiger partial charge in [0.1, 0.15) is 12.1 Å². The second-order valence-corrected chi connectivity index (χ2v) is 8.01. The first-order valence-electron chi connectivity index (χ1n) is 9.36. The van der Waals surface area contributed by atoms with Crippen LogP contribution in [0.1, 0.15) is 36.9 Å². The van der Waals surface area contributed by atoms with E-state index < -0.39 is 0 Å². The number of aryl methyl sites for hydroxylation is 1. The van der Waals surface area contributed by atoms with Crippen molar-refractivity contribution in [3.63, 3.8) is 0 Å². The van der Waals surface area contributed by atoms with Crippen LogP contribution in [0, 0.1) is 19.3 Å². The van der Waals surface area contributed by atoms with Gasteiger partial charge in [-0.2, -0.15) is 0 Å². The molecule has 1 aromatic rings. The molecule has 3 heterocycles. The third-order valence-electron chi connectivity index (χ3n) is 6.00. The topological polar surface area (TPSA) is 52.6 Å². The highest BCUT2D eigenvalue weighted by atomic mass is 16.2. The average molecular weight is 345 g/mol. The molecule has 25 heavy (non-hydrogen) atoms. The second-order valence-electron chi connectivity index (χ2n) is 8.01. The molecular formula is C19H31N5O. The maximum atomic E-state index is 12.3. The summed E-state index contributed by atoms with van der Waals surface area (Å²) in [6.45, 7) is 8.91. The molecule has 2 aliphatic heterocycles. The van der Waals surface area contributed by atoms with Crippen molar-refractivity contribution in [2.45, 2.75) is 39.5 Å². The largest absolute Gasteiger partial charge is 0.356 e. The minimum atomic E-state index is 0.298. The van der Waals surface area contributed by atoms with Crippen LogP contribution in [0.2, 0.25) is 0 Å². The molecule has 2 aliphatic rings. The lowest BCUT2D eigenvalue weighted by Gasteiger charge is -2.48. The van der Waals surface area contributed by atoms with E-state index in [9.17, 15) is 4.79 Å². The van der Waals surface area contributed by atoms with Gasteiger partial charge in [0.15, 0.2) is 0 Å².